The van der Waals surface area contributed by atoms with E-state index in [9.17, 15) is 9.18 Å². The summed E-state index contributed by atoms with van der Waals surface area (Å²) in [6.45, 7) is 2.08. The fourth-order valence-electron chi connectivity index (χ4n) is 1.81. The van der Waals surface area contributed by atoms with Gasteiger partial charge in [0.25, 0.3) is 0 Å². The molecule has 2 aromatic carbocycles. The molecule has 5 heteroatoms. The van der Waals surface area contributed by atoms with E-state index in [4.69, 9.17) is 9.47 Å². The summed E-state index contributed by atoms with van der Waals surface area (Å²) in [7, 11) is 0. The van der Waals surface area contributed by atoms with E-state index in [1.54, 1.807) is 37.3 Å². The SMILES string of the molecule is CCOC(=O)Cc1cc(Br)ccc1Oc1cccc(F)c1. The van der Waals surface area contributed by atoms with E-state index in [0.717, 1.165) is 4.47 Å². The van der Waals surface area contributed by atoms with Crippen molar-refractivity contribution in [1.82, 2.24) is 0 Å². The van der Waals surface area contributed by atoms with Gasteiger partial charge < -0.3 is 9.47 Å². The monoisotopic (exact) mass is 352 g/mol. The number of benzene rings is 2. The lowest BCUT2D eigenvalue weighted by molar-refractivity contribution is -0.142. The number of esters is 1. The third-order valence-electron chi connectivity index (χ3n) is 2.69. The Morgan fingerprint density at radius 1 is 1.24 bits per heavy atom. The van der Waals surface area contributed by atoms with Gasteiger partial charge in [-0.1, -0.05) is 22.0 Å². The summed E-state index contributed by atoms with van der Waals surface area (Å²) >= 11 is 3.35. The predicted molar refractivity (Wildman–Crippen MR) is 81.0 cm³/mol. The first kappa shape index (κ1) is 15.5. The lowest BCUT2D eigenvalue weighted by Crippen LogP contribution is -2.08. The summed E-state index contributed by atoms with van der Waals surface area (Å²) in [5.41, 5.74) is 0.673. The Labute approximate surface area is 130 Å². The average Bonchev–Trinajstić information content (AvgIpc) is 2.42. The average molecular weight is 353 g/mol. The van der Waals surface area contributed by atoms with Crippen LogP contribution in [-0.2, 0) is 16.0 Å². The maximum Gasteiger partial charge on any atom is 0.310 e. The molecular formula is C16H14BrFO3. The van der Waals surface area contributed by atoms with Gasteiger partial charge in [-0.3, -0.25) is 4.79 Å². The number of hydrogen-bond donors (Lipinski definition) is 0. The quantitative estimate of drug-likeness (QED) is 0.744. The van der Waals surface area contributed by atoms with Crippen LogP contribution in [-0.4, -0.2) is 12.6 Å². The van der Waals surface area contributed by atoms with Gasteiger partial charge in [-0.25, -0.2) is 4.39 Å². The summed E-state index contributed by atoms with van der Waals surface area (Å²) in [6.07, 6.45) is 0.0952. The molecule has 0 bridgehead atoms. The molecular weight excluding hydrogens is 339 g/mol. The second-order valence-electron chi connectivity index (χ2n) is 4.29. The molecule has 0 heterocycles. The number of carbonyl (C=O) groups excluding carboxylic acids is 1. The van der Waals surface area contributed by atoms with Crippen molar-refractivity contribution in [2.45, 2.75) is 13.3 Å². The number of ether oxygens (including phenoxy) is 2. The van der Waals surface area contributed by atoms with Gasteiger partial charge >= 0.3 is 5.97 Å². The van der Waals surface area contributed by atoms with Crippen molar-refractivity contribution in [2.24, 2.45) is 0 Å². The minimum Gasteiger partial charge on any atom is -0.466 e. The number of carbonyl (C=O) groups is 1. The lowest BCUT2D eigenvalue weighted by Gasteiger charge is -2.11. The molecule has 0 aliphatic heterocycles. The van der Waals surface area contributed by atoms with E-state index in [1.165, 1.54) is 12.1 Å². The Morgan fingerprint density at radius 3 is 2.76 bits per heavy atom. The normalized spacial score (nSPS) is 10.2. The first-order valence-electron chi connectivity index (χ1n) is 6.46. The molecule has 3 nitrogen and oxygen atoms in total. The lowest BCUT2D eigenvalue weighted by atomic mass is 10.1. The van der Waals surface area contributed by atoms with Crippen LogP contribution >= 0.6 is 15.9 Å². The van der Waals surface area contributed by atoms with E-state index < -0.39 is 0 Å². The Balaban J connectivity index is 2.24. The smallest absolute Gasteiger partial charge is 0.310 e. The molecule has 21 heavy (non-hydrogen) atoms. The van der Waals surface area contributed by atoms with Gasteiger partial charge in [0, 0.05) is 16.1 Å². The molecule has 0 atom stereocenters. The largest absolute Gasteiger partial charge is 0.466 e. The fraction of sp³-hybridized carbons (Fsp3) is 0.188. The molecule has 0 unspecified atom stereocenters. The second kappa shape index (κ2) is 7.22. The topological polar surface area (TPSA) is 35.5 Å². The number of rotatable bonds is 5. The highest BCUT2D eigenvalue weighted by Gasteiger charge is 2.11. The molecule has 2 aromatic rings. The molecule has 0 radical (unpaired) electrons. The third-order valence-corrected chi connectivity index (χ3v) is 3.18. The maximum absolute atomic E-state index is 13.2. The van der Waals surface area contributed by atoms with Crippen molar-refractivity contribution >= 4 is 21.9 Å². The first-order valence-corrected chi connectivity index (χ1v) is 7.25. The van der Waals surface area contributed by atoms with Gasteiger partial charge in [-0.05, 0) is 37.3 Å². The van der Waals surface area contributed by atoms with E-state index >= 15 is 0 Å². The Hall–Kier alpha value is -1.88. The molecule has 0 saturated carbocycles. The Morgan fingerprint density at radius 2 is 2.05 bits per heavy atom. The Kier molecular flexibility index (Phi) is 5.33. The predicted octanol–water partition coefficient (Wildman–Crippen LogP) is 4.49. The minimum atomic E-state index is -0.378. The summed E-state index contributed by atoms with van der Waals surface area (Å²) < 4.78 is 24.6. The van der Waals surface area contributed by atoms with Gasteiger partial charge in [0.2, 0.25) is 0 Å². The third kappa shape index (κ3) is 4.56. The zero-order valence-electron chi connectivity index (χ0n) is 11.4. The fourth-order valence-corrected chi connectivity index (χ4v) is 2.22. The van der Waals surface area contributed by atoms with E-state index in [1.807, 2.05) is 0 Å². The van der Waals surface area contributed by atoms with Gasteiger partial charge in [0.05, 0.1) is 13.0 Å². The zero-order chi connectivity index (χ0) is 15.2. The molecule has 2 rings (SSSR count). The van der Waals surface area contributed by atoms with Crippen LogP contribution in [0.1, 0.15) is 12.5 Å². The van der Waals surface area contributed by atoms with Crippen LogP contribution in [0.2, 0.25) is 0 Å². The molecule has 0 amide bonds. The van der Waals surface area contributed by atoms with Crippen molar-refractivity contribution in [2.75, 3.05) is 6.61 Å². The maximum atomic E-state index is 13.2. The minimum absolute atomic E-state index is 0.0952. The summed E-state index contributed by atoms with van der Waals surface area (Å²) in [5.74, 6) is 0.163. The molecule has 110 valence electrons. The second-order valence-corrected chi connectivity index (χ2v) is 5.21. The van der Waals surface area contributed by atoms with E-state index in [2.05, 4.69) is 15.9 Å². The van der Waals surface area contributed by atoms with Gasteiger partial charge in [0.15, 0.2) is 0 Å². The van der Waals surface area contributed by atoms with Gasteiger partial charge in [0.1, 0.15) is 17.3 Å². The zero-order valence-corrected chi connectivity index (χ0v) is 13.0. The van der Waals surface area contributed by atoms with E-state index in [0.29, 0.717) is 23.7 Å². The highest BCUT2D eigenvalue weighted by molar-refractivity contribution is 9.10. The van der Waals surface area contributed by atoms with Crippen molar-refractivity contribution < 1.29 is 18.7 Å². The van der Waals surface area contributed by atoms with Crippen LogP contribution in [0, 0.1) is 5.82 Å². The summed E-state index contributed by atoms with van der Waals surface area (Å²) in [4.78, 5) is 11.6. The molecule has 0 spiro atoms. The van der Waals surface area contributed by atoms with Crippen LogP contribution in [0.25, 0.3) is 0 Å². The van der Waals surface area contributed by atoms with Crippen molar-refractivity contribution in [3.8, 4) is 11.5 Å². The molecule has 0 fully saturated rings. The molecule has 0 aliphatic rings. The number of halogens is 2. The van der Waals surface area contributed by atoms with Crippen LogP contribution in [0.4, 0.5) is 4.39 Å². The standard InChI is InChI=1S/C16H14BrFO3/c1-2-20-16(19)9-11-8-12(17)6-7-15(11)21-14-5-3-4-13(18)10-14/h3-8,10H,2,9H2,1H3. The van der Waals surface area contributed by atoms with Gasteiger partial charge in [-0.2, -0.15) is 0 Å². The van der Waals surface area contributed by atoms with Gasteiger partial charge in [-0.15, -0.1) is 0 Å². The van der Waals surface area contributed by atoms with Crippen LogP contribution in [0.3, 0.4) is 0 Å². The first-order chi connectivity index (χ1) is 10.1. The molecule has 0 N–H and O–H groups in total. The van der Waals surface area contributed by atoms with Crippen LogP contribution in [0.5, 0.6) is 11.5 Å². The van der Waals surface area contributed by atoms with Crippen LogP contribution in [0.15, 0.2) is 46.9 Å². The van der Waals surface area contributed by atoms with Crippen molar-refractivity contribution in [3.63, 3.8) is 0 Å². The van der Waals surface area contributed by atoms with Crippen molar-refractivity contribution in [3.05, 3.63) is 58.3 Å². The van der Waals surface area contributed by atoms with E-state index in [-0.39, 0.29) is 18.2 Å². The highest BCUT2D eigenvalue weighted by atomic mass is 79.9. The Bertz CT molecular complexity index is 643. The van der Waals surface area contributed by atoms with Crippen molar-refractivity contribution in [1.29, 1.82) is 0 Å². The molecule has 0 saturated heterocycles. The van der Waals surface area contributed by atoms with Crippen LogP contribution < -0.4 is 4.74 Å². The summed E-state index contributed by atoms with van der Waals surface area (Å²) in [5, 5.41) is 0. The number of hydrogen-bond acceptors (Lipinski definition) is 3. The summed E-state index contributed by atoms with van der Waals surface area (Å²) in [6, 6.07) is 11.1. The molecule has 0 aliphatic carbocycles. The highest BCUT2D eigenvalue weighted by Crippen LogP contribution is 2.29. The molecule has 0 aromatic heterocycles.